The Morgan fingerprint density at radius 2 is 1.97 bits per heavy atom. The number of amides is 1. The van der Waals surface area contributed by atoms with E-state index in [4.69, 9.17) is 0 Å². The SMILES string of the molecule is CSc1nccn1-c1cccc(C(=O)N(C)C2CCN(CCc3ccccn3)CC2)c1. The number of hydrogen-bond donors (Lipinski definition) is 0. The molecule has 1 aliphatic heterocycles. The van der Waals surface area contributed by atoms with E-state index < -0.39 is 0 Å². The lowest BCUT2D eigenvalue weighted by Gasteiger charge is -2.36. The molecule has 0 unspecified atom stereocenters. The van der Waals surface area contributed by atoms with Gasteiger partial charge in [0, 0.05) is 74.7 Å². The number of benzene rings is 1. The maximum atomic E-state index is 13.2. The number of carbonyl (C=O) groups is 1. The number of thioether (sulfide) groups is 1. The highest BCUT2D eigenvalue weighted by atomic mass is 32.2. The standard InChI is InChI=1S/C24H29N5OS/c1-27(21-10-15-28(16-11-21)14-9-20-7-3-4-12-25-20)23(30)19-6-5-8-22(18-19)29-17-13-26-24(29)31-2/h3-8,12-13,17-18,21H,9-11,14-16H2,1-2H3. The second kappa shape index (κ2) is 10.1. The zero-order valence-electron chi connectivity index (χ0n) is 18.1. The maximum Gasteiger partial charge on any atom is 0.253 e. The van der Waals surface area contributed by atoms with Gasteiger partial charge >= 0.3 is 0 Å². The molecule has 0 radical (unpaired) electrons. The van der Waals surface area contributed by atoms with Crippen molar-refractivity contribution in [3.8, 4) is 5.69 Å². The summed E-state index contributed by atoms with van der Waals surface area (Å²) in [5.74, 6) is 0.0830. The minimum absolute atomic E-state index is 0.0830. The van der Waals surface area contributed by atoms with Crippen LogP contribution >= 0.6 is 11.8 Å². The number of piperidine rings is 1. The van der Waals surface area contributed by atoms with Gasteiger partial charge in [0.25, 0.3) is 5.91 Å². The van der Waals surface area contributed by atoms with Crippen LogP contribution in [0.25, 0.3) is 5.69 Å². The summed E-state index contributed by atoms with van der Waals surface area (Å²) in [6, 6.07) is 14.2. The molecular formula is C24H29N5OS. The highest BCUT2D eigenvalue weighted by molar-refractivity contribution is 7.98. The summed E-state index contributed by atoms with van der Waals surface area (Å²) in [5.41, 5.74) is 2.82. The van der Waals surface area contributed by atoms with Crippen LogP contribution in [0.3, 0.4) is 0 Å². The molecule has 0 spiro atoms. The van der Waals surface area contributed by atoms with Crippen molar-refractivity contribution in [3.63, 3.8) is 0 Å². The Balaban J connectivity index is 1.34. The van der Waals surface area contributed by atoms with Gasteiger partial charge in [-0.2, -0.15) is 0 Å². The van der Waals surface area contributed by atoms with Crippen molar-refractivity contribution in [1.82, 2.24) is 24.3 Å². The Bertz CT molecular complexity index is 998. The van der Waals surface area contributed by atoms with Gasteiger partial charge in [-0.05, 0) is 49.4 Å². The zero-order valence-corrected chi connectivity index (χ0v) is 19.0. The van der Waals surface area contributed by atoms with Gasteiger partial charge in [0.1, 0.15) is 0 Å². The first-order chi connectivity index (χ1) is 15.2. The first-order valence-corrected chi connectivity index (χ1v) is 12.0. The molecule has 1 aliphatic rings. The first-order valence-electron chi connectivity index (χ1n) is 10.7. The zero-order chi connectivity index (χ0) is 21.6. The van der Waals surface area contributed by atoms with E-state index in [2.05, 4.69) is 20.9 Å². The second-order valence-electron chi connectivity index (χ2n) is 7.89. The van der Waals surface area contributed by atoms with E-state index in [-0.39, 0.29) is 11.9 Å². The van der Waals surface area contributed by atoms with Crippen LogP contribution in [0.5, 0.6) is 0 Å². The maximum absolute atomic E-state index is 13.2. The van der Waals surface area contributed by atoms with Crippen molar-refractivity contribution >= 4 is 17.7 Å². The van der Waals surface area contributed by atoms with E-state index in [1.54, 1.807) is 18.0 Å². The van der Waals surface area contributed by atoms with Crippen LogP contribution in [0.15, 0.2) is 66.2 Å². The largest absolute Gasteiger partial charge is 0.339 e. The molecule has 3 heterocycles. The molecule has 0 saturated carbocycles. The molecule has 1 amide bonds. The third-order valence-electron chi connectivity index (χ3n) is 6.00. The molecule has 6 nitrogen and oxygen atoms in total. The molecule has 1 fully saturated rings. The van der Waals surface area contributed by atoms with Gasteiger partial charge in [-0.25, -0.2) is 4.98 Å². The van der Waals surface area contributed by atoms with Gasteiger partial charge in [0.15, 0.2) is 5.16 Å². The fourth-order valence-corrected chi connectivity index (χ4v) is 4.67. The Kier molecular flexibility index (Phi) is 7.04. The van der Waals surface area contributed by atoms with Crippen LogP contribution < -0.4 is 0 Å². The lowest BCUT2D eigenvalue weighted by Crippen LogP contribution is -2.46. The van der Waals surface area contributed by atoms with E-state index >= 15 is 0 Å². The van der Waals surface area contributed by atoms with Gasteiger partial charge in [-0.15, -0.1) is 0 Å². The number of pyridine rings is 1. The molecule has 1 saturated heterocycles. The third kappa shape index (κ3) is 5.17. The van der Waals surface area contributed by atoms with Crippen molar-refractivity contribution in [2.24, 2.45) is 0 Å². The van der Waals surface area contributed by atoms with Crippen molar-refractivity contribution in [3.05, 3.63) is 72.3 Å². The smallest absolute Gasteiger partial charge is 0.253 e. The number of nitrogens with zero attached hydrogens (tertiary/aromatic N) is 5. The molecule has 0 N–H and O–H groups in total. The van der Waals surface area contributed by atoms with Crippen LogP contribution in [-0.2, 0) is 6.42 Å². The number of aromatic nitrogens is 3. The number of imidazole rings is 1. The molecule has 4 rings (SSSR count). The first kappa shape index (κ1) is 21.6. The summed E-state index contributed by atoms with van der Waals surface area (Å²) in [7, 11) is 1.94. The van der Waals surface area contributed by atoms with Crippen LogP contribution in [-0.4, -0.2) is 69.2 Å². The van der Waals surface area contributed by atoms with E-state index in [0.29, 0.717) is 0 Å². The number of rotatable bonds is 7. The van der Waals surface area contributed by atoms with E-state index in [1.807, 2.05) is 71.6 Å². The van der Waals surface area contributed by atoms with Crippen molar-refractivity contribution in [1.29, 1.82) is 0 Å². The van der Waals surface area contributed by atoms with Crippen LogP contribution in [0.4, 0.5) is 0 Å². The number of carbonyl (C=O) groups excluding carboxylic acids is 1. The molecule has 31 heavy (non-hydrogen) atoms. The van der Waals surface area contributed by atoms with Crippen molar-refractivity contribution in [2.45, 2.75) is 30.5 Å². The molecule has 3 aromatic rings. The van der Waals surface area contributed by atoms with Gasteiger partial charge in [0.05, 0.1) is 0 Å². The molecule has 1 aromatic carbocycles. The number of likely N-dealkylation sites (tertiary alicyclic amines) is 1. The molecule has 2 aromatic heterocycles. The predicted octanol–water partition coefficient (Wildman–Crippen LogP) is 3.77. The molecular weight excluding hydrogens is 406 g/mol. The Morgan fingerprint density at radius 1 is 1.13 bits per heavy atom. The summed E-state index contributed by atoms with van der Waals surface area (Å²) in [5, 5.41) is 0.913. The molecule has 7 heteroatoms. The summed E-state index contributed by atoms with van der Waals surface area (Å²) >= 11 is 1.59. The van der Waals surface area contributed by atoms with Crippen LogP contribution in [0.1, 0.15) is 28.9 Å². The highest BCUT2D eigenvalue weighted by Gasteiger charge is 2.26. The van der Waals surface area contributed by atoms with Crippen molar-refractivity contribution in [2.75, 3.05) is 32.9 Å². The quantitative estimate of drug-likeness (QED) is 0.529. The normalized spacial score (nSPS) is 15.2. The van der Waals surface area contributed by atoms with Gasteiger partial charge < -0.3 is 9.80 Å². The highest BCUT2D eigenvalue weighted by Crippen LogP contribution is 2.21. The lowest BCUT2D eigenvalue weighted by atomic mass is 10.0. The molecule has 0 bridgehead atoms. The summed E-state index contributed by atoms with van der Waals surface area (Å²) in [6.07, 6.45) is 10.5. The van der Waals surface area contributed by atoms with E-state index in [9.17, 15) is 4.79 Å². The van der Waals surface area contributed by atoms with Gasteiger partial charge in [-0.1, -0.05) is 23.9 Å². The van der Waals surface area contributed by atoms with E-state index in [0.717, 1.165) is 61.0 Å². The lowest BCUT2D eigenvalue weighted by molar-refractivity contribution is 0.0643. The Morgan fingerprint density at radius 3 is 2.71 bits per heavy atom. The second-order valence-corrected chi connectivity index (χ2v) is 8.67. The average molecular weight is 436 g/mol. The topological polar surface area (TPSA) is 54.3 Å². The fourth-order valence-electron chi connectivity index (χ4n) is 4.14. The minimum atomic E-state index is 0.0830. The van der Waals surface area contributed by atoms with Gasteiger partial charge in [0.2, 0.25) is 0 Å². The Hall–Kier alpha value is -2.64. The summed E-state index contributed by atoms with van der Waals surface area (Å²) in [4.78, 5) is 26.4. The Labute approximate surface area is 188 Å². The summed E-state index contributed by atoms with van der Waals surface area (Å²) in [6.45, 7) is 3.05. The predicted molar refractivity (Wildman–Crippen MR) is 125 cm³/mol. The summed E-state index contributed by atoms with van der Waals surface area (Å²) < 4.78 is 2.02. The minimum Gasteiger partial charge on any atom is -0.339 e. The average Bonchev–Trinajstić information content (AvgIpc) is 3.32. The molecule has 0 aliphatic carbocycles. The number of hydrogen-bond acceptors (Lipinski definition) is 5. The monoisotopic (exact) mass is 435 g/mol. The fraction of sp³-hybridized carbons (Fsp3) is 0.375. The third-order valence-corrected chi connectivity index (χ3v) is 6.66. The molecule has 162 valence electrons. The molecule has 0 atom stereocenters. The van der Waals surface area contributed by atoms with Crippen LogP contribution in [0.2, 0.25) is 0 Å². The van der Waals surface area contributed by atoms with Gasteiger partial charge in [-0.3, -0.25) is 14.3 Å². The van der Waals surface area contributed by atoms with E-state index in [1.165, 1.54) is 0 Å². The van der Waals surface area contributed by atoms with Crippen molar-refractivity contribution < 1.29 is 4.79 Å². The van der Waals surface area contributed by atoms with Crippen LogP contribution in [0, 0.1) is 0 Å².